The molecule has 5 rings (SSSR count). The Kier molecular flexibility index (Phi) is 4.00. The number of para-hydroxylation sites is 1. The van der Waals surface area contributed by atoms with Gasteiger partial charge < -0.3 is 14.2 Å². The Morgan fingerprint density at radius 3 is 2.42 bits per heavy atom. The predicted molar refractivity (Wildman–Crippen MR) is 108 cm³/mol. The van der Waals surface area contributed by atoms with Crippen LogP contribution in [0.15, 0.2) is 36.4 Å². The molecule has 2 saturated heterocycles. The molecule has 31 heavy (non-hydrogen) atoms. The first kappa shape index (κ1) is 19.6. The van der Waals surface area contributed by atoms with Crippen molar-refractivity contribution in [3.05, 3.63) is 42.0 Å². The maximum atomic E-state index is 10.6. The average Bonchev–Trinajstić information content (AvgIpc) is 3.45. The second-order valence-electron chi connectivity index (χ2n) is 9.06. The Morgan fingerprint density at radius 2 is 1.84 bits per heavy atom. The molecular formula is C24H22N4O3. The van der Waals surface area contributed by atoms with Gasteiger partial charge in [0.1, 0.15) is 5.75 Å². The minimum Gasteiger partial charge on any atom is -0.496 e. The Labute approximate surface area is 180 Å². The maximum absolute atomic E-state index is 10.6. The number of hydrogen-bond donors (Lipinski definition) is 1. The van der Waals surface area contributed by atoms with Crippen LogP contribution in [0.3, 0.4) is 0 Å². The smallest absolute Gasteiger partial charge is 0.218 e. The minimum absolute atomic E-state index is 0.0885. The summed E-state index contributed by atoms with van der Waals surface area (Å²) in [6.07, 6.45) is 5.21. The molecule has 7 atom stereocenters. The molecule has 3 fully saturated rings. The standard InChI is InChI=1S/C24H22N4O3/c1-22-19(16-5-3-4-6-18(16)29-2)24(13-27,21(28)31-22)23(11-25,12-26)20(30-22)17-10-14-7-8-15(17)9-14/h3-8,14-15,17,19-20,28H,9-10H2,1-2H3. The average molecular weight is 414 g/mol. The highest BCUT2D eigenvalue weighted by molar-refractivity contribution is 5.90. The molecule has 2 aliphatic heterocycles. The summed E-state index contributed by atoms with van der Waals surface area (Å²) in [4.78, 5) is 0. The molecule has 7 heteroatoms. The van der Waals surface area contributed by atoms with Crippen LogP contribution >= 0.6 is 0 Å². The SMILES string of the molecule is COc1ccccc1C1C2(C)OC(=N)C1(C#N)C(C#N)(C#N)C(C1CC3C=CC1C3)O2. The molecule has 1 aromatic rings. The molecule has 7 unspecified atom stereocenters. The van der Waals surface area contributed by atoms with E-state index in [0.717, 1.165) is 12.8 Å². The highest BCUT2D eigenvalue weighted by Gasteiger charge is 2.81. The monoisotopic (exact) mass is 414 g/mol. The normalized spacial score (nSPS) is 41.1. The van der Waals surface area contributed by atoms with Crippen LogP contribution in [0.1, 0.15) is 31.2 Å². The number of hydrogen-bond acceptors (Lipinski definition) is 7. The Morgan fingerprint density at radius 1 is 1.10 bits per heavy atom. The summed E-state index contributed by atoms with van der Waals surface area (Å²) < 4.78 is 18.0. The molecule has 1 N–H and O–H groups in total. The van der Waals surface area contributed by atoms with Crippen molar-refractivity contribution in [2.24, 2.45) is 28.6 Å². The molecule has 4 bridgehead atoms. The molecule has 1 saturated carbocycles. The molecule has 0 aromatic heterocycles. The minimum atomic E-state index is -1.90. The lowest BCUT2D eigenvalue weighted by molar-refractivity contribution is -0.264. The third-order valence-corrected chi connectivity index (χ3v) is 7.73. The summed E-state index contributed by atoms with van der Waals surface area (Å²) >= 11 is 0. The van der Waals surface area contributed by atoms with Gasteiger partial charge >= 0.3 is 0 Å². The summed E-state index contributed by atoms with van der Waals surface area (Å²) in [7, 11) is 1.52. The number of rotatable bonds is 3. The highest BCUT2D eigenvalue weighted by atomic mass is 16.7. The van der Waals surface area contributed by atoms with Crippen LogP contribution < -0.4 is 4.74 Å². The molecule has 0 radical (unpaired) electrons. The second kappa shape index (κ2) is 6.33. The van der Waals surface area contributed by atoms with Crippen molar-refractivity contribution >= 4 is 5.90 Å². The third-order valence-electron chi connectivity index (χ3n) is 7.73. The number of nitriles is 3. The van der Waals surface area contributed by atoms with Gasteiger partial charge in [-0.3, -0.25) is 5.41 Å². The lowest BCUT2D eigenvalue weighted by Gasteiger charge is -2.51. The van der Waals surface area contributed by atoms with Gasteiger partial charge in [0.05, 0.1) is 37.3 Å². The van der Waals surface area contributed by atoms with E-state index < -0.39 is 34.5 Å². The fourth-order valence-corrected chi connectivity index (χ4v) is 6.46. The van der Waals surface area contributed by atoms with Crippen molar-refractivity contribution in [2.75, 3.05) is 7.11 Å². The molecule has 4 aliphatic rings. The van der Waals surface area contributed by atoms with Gasteiger partial charge in [-0.2, -0.15) is 15.8 Å². The zero-order valence-corrected chi connectivity index (χ0v) is 17.3. The highest BCUT2D eigenvalue weighted by Crippen LogP contribution is 2.69. The van der Waals surface area contributed by atoms with E-state index in [1.54, 1.807) is 31.2 Å². The number of allylic oxidation sites excluding steroid dienone is 2. The Hall–Kier alpha value is -3.34. The van der Waals surface area contributed by atoms with Gasteiger partial charge in [0.2, 0.25) is 11.7 Å². The number of fused-ring (bicyclic) bond motifs is 4. The maximum Gasteiger partial charge on any atom is 0.218 e. The fraction of sp³-hybridized carbons (Fsp3) is 0.500. The number of ether oxygens (including phenoxy) is 3. The fourth-order valence-electron chi connectivity index (χ4n) is 6.46. The van der Waals surface area contributed by atoms with Gasteiger partial charge in [0, 0.05) is 12.5 Å². The van der Waals surface area contributed by atoms with Crippen molar-refractivity contribution in [3.8, 4) is 24.0 Å². The van der Waals surface area contributed by atoms with E-state index in [4.69, 9.17) is 19.6 Å². The first-order valence-electron chi connectivity index (χ1n) is 10.4. The van der Waals surface area contributed by atoms with Crippen molar-refractivity contribution < 1.29 is 14.2 Å². The van der Waals surface area contributed by atoms with Crippen molar-refractivity contribution in [3.63, 3.8) is 0 Å². The number of nitrogens with zero attached hydrogens (tertiary/aromatic N) is 3. The number of nitrogens with one attached hydrogen (secondary N) is 1. The molecule has 0 amide bonds. The van der Waals surface area contributed by atoms with Crippen molar-refractivity contribution in [1.29, 1.82) is 21.2 Å². The van der Waals surface area contributed by atoms with E-state index >= 15 is 0 Å². The number of methoxy groups -OCH3 is 1. The molecule has 7 nitrogen and oxygen atoms in total. The summed E-state index contributed by atoms with van der Waals surface area (Å²) in [6, 6.07) is 13.7. The van der Waals surface area contributed by atoms with Crippen LogP contribution in [-0.4, -0.2) is 24.9 Å². The summed E-state index contributed by atoms with van der Waals surface area (Å²) in [5.74, 6) is -1.66. The van der Waals surface area contributed by atoms with Crippen LogP contribution in [0, 0.1) is 68.0 Å². The zero-order chi connectivity index (χ0) is 22.0. The van der Waals surface area contributed by atoms with Crippen LogP contribution in [0.4, 0.5) is 0 Å². The van der Waals surface area contributed by atoms with Gasteiger partial charge in [-0.25, -0.2) is 0 Å². The molecule has 0 spiro atoms. The van der Waals surface area contributed by atoms with Gasteiger partial charge in [-0.1, -0.05) is 30.4 Å². The van der Waals surface area contributed by atoms with Crippen molar-refractivity contribution in [2.45, 2.75) is 37.6 Å². The molecule has 156 valence electrons. The van der Waals surface area contributed by atoms with Gasteiger partial charge in [0.15, 0.2) is 10.8 Å². The molecular weight excluding hydrogens is 392 g/mol. The van der Waals surface area contributed by atoms with E-state index in [2.05, 4.69) is 30.4 Å². The van der Waals surface area contributed by atoms with Gasteiger partial charge in [-0.15, -0.1) is 0 Å². The van der Waals surface area contributed by atoms with Crippen LogP contribution in [0.25, 0.3) is 0 Å². The molecule has 2 heterocycles. The van der Waals surface area contributed by atoms with E-state index in [1.165, 1.54) is 7.11 Å². The Balaban J connectivity index is 1.76. The van der Waals surface area contributed by atoms with E-state index in [-0.39, 0.29) is 11.8 Å². The quantitative estimate of drug-likeness (QED) is 0.753. The third kappa shape index (κ3) is 2.16. The largest absolute Gasteiger partial charge is 0.496 e. The summed E-state index contributed by atoms with van der Waals surface area (Å²) in [5, 5.41) is 40.2. The van der Waals surface area contributed by atoms with Gasteiger partial charge in [-0.05, 0) is 36.7 Å². The Bertz CT molecular complexity index is 1110. The van der Waals surface area contributed by atoms with Crippen LogP contribution in [0.2, 0.25) is 0 Å². The number of benzene rings is 1. The van der Waals surface area contributed by atoms with Crippen molar-refractivity contribution in [1.82, 2.24) is 0 Å². The van der Waals surface area contributed by atoms with Crippen LogP contribution in [-0.2, 0) is 9.47 Å². The lowest BCUT2D eigenvalue weighted by atomic mass is 9.51. The lowest BCUT2D eigenvalue weighted by Crippen LogP contribution is -2.63. The molecule has 1 aromatic carbocycles. The van der Waals surface area contributed by atoms with E-state index in [1.807, 2.05) is 0 Å². The van der Waals surface area contributed by atoms with Gasteiger partial charge in [0.25, 0.3) is 0 Å². The van der Waals surface area contributed by atoms with E-state index in [9.17, 15) is 15.8 Å². The van der Waals surface area contributed by atoms with Crippen LogP contribution in [0.5, 0.6) is 5.75 Å². The predicted octanol–water partition coefficient (Wildman–Crippen LogP) is 3.66. The zero-order valence-electron chi connectivity index (χ0n) is 17.3. The van der Waals surface area contributed by atoms with E-state index in [0.29, 0.717) is 17.2 Å². The molecule has 2 aliphatic carbocycles. The summed E-state index contributed by atoms with van der Waals surface area (Å²) in [5.41, 5.74) is -3.14. The topological polar surface area (TPSA) is 123 Å². The second-order valence-corrected chi connectivity index (χ2v) is 9.06. The first-order chi connectivity index (χ1) is 14.9. The first-order valence-corrected chi connectivity index (χ1v) is 10.4. The summed E-state index contributed by atoms with van der Waals surface area (Å²) in [6.45, 7) is 1.70.